The van der Waals surface area contributed by atoms with Gasteiger partial charge in [-0.2, -0.15) is 0 Å². The second kappa shape index (κ2) is 6.21. The van der Waals surface area contributed by atoms with Crippen LogP contribution in [-0.4, -0.2) is 33.9 Å². The quantitative estimate of drug-likeness (QED) is 0.864. The number of ether oxygens (including phenoxy) is 1. The Morgan fingerprint density at radius 2 is 2.28 bits per heavy atom. The molecule has 3 nitrogen and oxygen atoms in total. The van der Waals surface area contributed by atoms with Gasteiger partial charge >= 0.3 is 0 Å². The number of methoxy groups -OCH3 is 1. The third kappa shape index (κ3) is 3.03. The maximum absolute atomic E-state index is 5.25. The molecule has 1 aromatic carbocycles. The van der Waals surface area contributed by atoms with Gasteiger partial charge in [0.2, 0.25) is 0 Å². The Labute approximate surface area is 110 Å². The van der Waals surface area contributed by atoms with Crippen molar-refractivity contribution in [3.63, 3.8) is 0 Å². The van der Waals surface area contributed by atoms with Crippen molar-refractivity contribution in [3.8, 4) is 0 Å². The topological polar surface area (TPSA) is 24.5 Å². The van der Waals surface area contributed by atoms with Gasteiger partial charge in [0, 0.05) is 38.3 Å². The largest absolute Gasteiger partial charge is 0.384 e. The molecule has 1 aromatic rings. The number of hydrogen-bond donors (Lipinski definition) is 1. The van der Waals surface area contributed by atoms with E-state index >= 15 is 0 Å². The van der Waals surface area contributed by atoms with Crippen LogP contribution in [0.2, 0.25) is 0 Å². The Bertz CT molecular complexity index is 392. The van der Waals surface area contributed by atoms with Crippen LogP contribution in [0.25, 0.3) is 0 Å². The molecule has 0 aliphatic carbocycles. The van der Waals surface area contributed by atoms with E-state index in [4.69, 9.17) is 4.74 Å². The summed E-state index contributed by atoms with van der Waals surface area (Å²) in [7, 11) is 3.78. The van der Waals surface area contributed by atoms with Gasteiger partial charge < -0.3 is 15.0 Å². The van der Waals surface area contributed by atoms with Crippen molar-refractivity contribution < 1.29 is 4.74 Å². The second-order valence-electron chi connectivity index (χ2n) is 5.20. The summed E-state index contributed by atoms with van der Waals surface area (Å²) in [4.78, 5) is 2.47. The van der Waals surface area contributed by atoms with Crippen LogP contribution in [0.15, 0.2) is 18.2 Å². The van der Waals surface area contributed by atoms with Crippen LogP contribution in [0.3, 0.4) is 0 Å². The summed E-state index contributed by atoms with van der Waals surface area (Å²) in [6.07, 6.45) is 1.24. The molecular weight excluding hydrogens is 224 g/mol. The van der Waals surface area contributed by atoms with E-state index in [9.17, 15) is 0 Å². The minimum atomic E-state index is 0.687. The van der Waals surface area contributed by atoms with Crippen LogP contribution in [0, 0.1) is 12.8 Å². The molecule has 0 aromatic heterocycles. The summed E-state index contributed by atoms with van der Waals surface area (Å²) in [6.45, 7) is 6.29. The lowest BCUT2D eigenvalue weighted by molar-refractivity contribution is 0.161. The zero-order chi connectivity index (χ0) is 13.0. The molecule has 0 bridgehead atoms. The Morgan fingerprint density at radius 3 is 2.94 bits per heavy atom. The fraction of sp³-hybridized carbons (Fsp3) is 0.600. The highest BCUT2D eigenvalue weighted by molar-refractivity contribution is 5.51. The van der Waals surface area contributed by atoms with Crippen molar-refractivity contribution in [2.45, 2.75) is 19.9 Å². The molecule has 1 aliphatic heterocycles. The van der Waals surface area contributed by atoms with Gasteiger partial charge in [-0.05, 0) is 43.7 Å². The smallest absolute Gasteiger partial charge is 0.0508 e. The third-order valence-corrected chi connectivity index (χ3v) is 3.75. The molecule has 0 saturated carbocycles. The molecule has 2 rings (SSSR count). The van der Waals surface area contributed by atoms with Gasteiger partial charge in [-0.25, -0.2) is 0 Å². The predicted molar refractivity (Wildman–Crippen MR) is 76.1 cm³/mol. The maximum atomic E-state index is 5.25. The van der Waals surface area contributed by atoms with Gasteiger partial charge in [-0.1, -0.05) is 6.07 Å². The Kier molecular flexibility index (Phi) is 4.61. The molecule has 1 aliphatic rings. The lowest BCUT2D eigenvalue weighted by atomic mass is 10.1. The fourth-order valence-corrected chi connectivity index (χ4v) is 2.70. The van der Waals surface area contributed by atoms with Gasteiger partial charge in [0.15, 0.2) is 0 Å². The van der Waals surface area contributed by atoms with Crippen LogP contribution in [0.5, 0.6) is 0 Å². The van der Waals surface area contributed by atoms with Crippen LogP contribution in [0.4, 0.5) is 5.69 Å². The van der Waals surface area contributed by atoms with Gasteiger partial charge in [-0.3, -0.25) is 0 Å². The molecule has 0 radical (unpaired) electrons. The van der Waals surface area contributed by atoms with Gasteiger partial charge in [-0.15, -0.1) is 0 Å². The molecule has 0 spiro atoms. The van der Waals surface area contributed by atoms with Crippen molar-refractivity contribution >= 4 is 5.69 Å². The number of hydrogen-bond acceptors (Lipinski definition) is 3. The second-order valence-corrected chi connectivity index (χ2v) is 5.20. The number of benzene rings is 1. The summed E-state index contributed by atoms with van der Waals surface area (Å²) in [5.74, 6) is 0.687. The monoisotopic (exact) mass is 248 g/mol. The average molecular weight is 248 g/mol. The molecule has 100 valence electrons. The number of nitrogens with one attached hydrogen (secondary N) is 1. The highest BCUT2D eigenvalue weighted by Crippen LogP contribution is 2.25. The SMILES string of the molecule is CNCc1ccc(N2CCC(COC)C2)cc1C. The zero-order valence-corrected chi connectivity index (χ0v) is 11.7. The van der Waals surface area contributed by atoms with Gasteiger partial charge in [0.05, 0.1) is 6.61 Å². The molecule has 1 heterocycles. The predicted octanol–water partition coefficient (Wildman–Crippen LogP) is 2.19. The van der Waals surface area contributed by atoms with Crippen LogP contribution in [-0.2, 0) is 11.3 Å². The molecule has 1 saturated heterocycles. The van der Waals surface area contributed by atoms with Crippen molar-refractivity contribution in [1.29, 1.82) is 0 Å². The van der Waals surface area contributed by atoms with Crippen molar-refractivity contribution in [2.24, 2.45) is 5.92 Å². The number of nitrogens with zero attached hydrogens (tertiary/aromatic N) is 1. The Balaban J connectivity index is 2.04. The number of anilines is 1. The van der Waals surface area contributed by atoms with E-state index in [1.807, 2.05) is 7.05 Å². The lowest BCUT2D eigenvalue weighted by Gasteiger charge is -2.20. The van der Waals surface area contributed by atoms with Crippen molar-refractivity contribution in [3.05, 3.63) is 29.3 Å². The van der Waals surface area contributed by atoms with Crippen LogP contribution < -0.4 is 10.2 Å². The normalized spacial score (nSPS) is 19.5. The third-order valence-electron chi connectivity index (χ3n) is 3.75. The average Bonchev–Trinajstić information content (AvgIpc) is 2.81. The molecule has 1 fully saturated rings. The number of aryl methyl sites for hydroxylation is 1. The van der Waals surface area contributed by atoms with E-state index in [1.165, 1.54) is 23.2 Å². The molecule has 18 heavy (non-hydrogen) atoms. The highest BCUT2D eigenvalue weighted by atomic mass is 16.5. The fourth-order valence-electron chi connectivity index (χ4n) is 2.70. The highest BCUT2D eigenvalue weighted by Gasteiger charge is 2.22. The van der Waals surface area contributed by atoms with E-state index < -0.39 is 0 Å². The summed E-state index contributed by atoms with van der Waals surface area (Å²) in [5, 5.41) is 3.21. The van der Waals surface area contributed by atoms with E-state index in [1.54, 1.807) is 7.11 Å². The number of rotatable bonds is 5. The molecule has 1 N–H and O–H groups in total. The van der Waals surface area contributed by atoms with Gasteiger partial charge in [0.1, 0.15) is 0 Å². The first-order valence-electron chi connectivity index (χ1n) is 6.72. The summed E-state index contributed by atoms with van der Waals surface area (Å²) in [6, 6.07) is 6.79. The summed E-state index contributed by atoms with van der Waals surface area (Å²) >= 11 is 0. The zero-order valence-electron chi connectivity index (χ0n) is 11.7. The molecule has 1 unspecified atom stereocenters. The standard InChI is InChI=1S/C15H24N2O/c1-12-8-15(5-4-14(12)9-16-2)17-7-6-13(10-17)11-18-3/h4-5,8,13,16H,6-7,9-11H2,1-3H3. The molecular formula is C15H24N2O. The van der Waals surface area contributed by atoms with Crippen molar-refractivity contribution in [1.82, 2.24) is 5.32 Å². The molecule has 1 atom stereocenters. The summed E-state index contributed by atoms with van der Waals surface area (Å²) in [5.41, 5.74) is 4.11. The van der Waals surface area contributed by atoms with E-state index in [0.29, 0.717) is 5.92 Å². The van der Waals surface area contributed by atoms with Crippen LogP contribution in [0.1, 0.15) is 17.5 Å². The van der Waals surface area contributed by atoms with Crippen LogP contribution >= 0.6 is 0 Å². The van der Waals surface area contributed by atoms with E-state index in [-0.39, 0.29) is 0 Å². The minimum absolute atomic E-state index is 0.687. The van der Waals surface area contributed by atoms with E-state index in [0.717, 1.165) is 26.2 Å². The first-order valence-corrected chi connectivity index (χ1v) is 6.72. The van der Waals surface area contributed by atoms with E-state index in [2.05, 4.69) is 35.3 Å². The Hall–Kier alpha value is -1.06. The minimum Gasteiger partial charge on any atom is -0.384 e. The Morgan fingerprint density at radius 1 is 1.44 bits per heavy atom. The first kappa shape index (κ1) is 13.4. The molecule has 0 amide bonds. The molecule has 3 heteroatoms. The summed E-state index contributed by atoms with van der Waals surface area (Å²) < 4.78 is 5.25. The van der Waals surface area contributed by atoms with Crippen molar-refractivity contribution in [2.75, 3.05) is 38.8 Å². The first-order chi connectivity index (χ1) is 8.74. The van der Waals surface area contributed by atoms with Gasteiger partial charge in [0.25, 0.3) is 0 Å². The lowest BCUT2D eigenvalue weighted by Crippen LogP contribution is -2.21. The maximum Gasteiger partial charge on any atom is 0.0508 e.